The Kier molecular flexibility index (Phi) is 6.83. The zero-order chi connectivity index (χ0) is 14.9. The quantitative estimate of drug-likeness (QED) is 0.747. The molecule has 0 aliphatic carbocycles. The van der Waals surface area contributed by atoms with Crippen molar-refractivity contribution in [1.82, 2.24) is 10.2 Å². The minimum absolute atomic E-state index is 0.659. The Balaban J connectivity index is 1.65. The molecule has 118 valence electrons. The number of para-hydroxylation sites is 2. The van der Waals surface area contributed by atoms with E-state index in [1.54, 1.807) is 0 Å². The molecule has 4 nitrogen and oxygen atoms in total. The second-order valence-electron chi connectivity index (χ2n) is 5.56. The number of nitrogens with zero attached hydrogens (tertiary/aromatic N) is 1. The summed E-state index contributed by atoms with van der Waals surface area (Å²) in [6.45, 7) is 6.45. The van der Waals surface area contributed by atoms with Crippen LogP contribution in [0.3, 0.4) is 0 Å². The number of ether oxygens (including phenoxy) is 2. The van der Waals surface area contributed by atoms with Gasteiger partial charge in [0.2, 0.25) is 0 Å². The molecule has 1 aromatic carbocycles. The van der Waals surface area contributed by atoms with E-state index in [1.165, 1.54) is 25.8 Å². The predicted octanol–water partition coefficient (Wildman–Crippen LogP) is 2.54. The minimum Gasteiger partial charge on any atom is -0.490 e. The van der Waals surface area contributed by atoms with Gasteiger partial charge >= 0.3 is 0 Å². The van der Waals surface area contributed by atoms with E-state index in [-0.39, 0.29) is 0 Å². The zero-order valence-corrected chi connectivity index (χ0v) is 13.3. The molecule has 1 unspecified atom stereocenters. The first kappa shape index (κ1) is 16.1. The van der Waals surface area contributed by atoms with Crippen molar-refractivity contribution in [2.75, 3.05) is 39.9 Å². The summed E-state index contributed by atoms with van der Waals surface area (Å²) in [5.41, 5.74) is 0. The standard InChI is InChI=1S/C17H28N2O2/c1-3-20-16-9-4-5-10-17(16)21-13-11-18-14-15-8-6-7-12-19(15)2/h4-5,9-10,15,18H,3,6-8,11-14H2,1-2H3. The Bertz CT molecular complexity index is 412. The number of likely N-dealkylation sites (tertiary alicyclic amines) is 1. The highest BCUT2D eigenvalue weighted by molar-refractivity contribution is 5.39. The van der Waals surface area contributed by atoms with Gasteiger partial charge in [0, 0.05) is 19.1 Å². The van der Waals surface area contributed by atoms with Crippen LogP contribution in [0.2, 0.25) is 0 Å². The SMILES string of the molecule is CCOc1ccccc1OCCNCC1CCCCN1C. The van der Waals surface area contributed by atoms with Crippen LogP contribution in [-0.4, -0.2) is 50.8 Å². The number of benzene rings is 1. The fraction of sp³-hybridized carbons (Fsp3) is 0.647. The van der Waals surface area contributed by atoms with Gasteiger partial charge in [0.05, 0.1) is 6.61 Å². The third kappa shape index (κ3) is 5.21. The highest BCUT2D eigenvalue weighted by Gasteiger charge is 2.17. The number of nitrogens with one attached hydrogen (secondary N) is 1. The fourth-order valence-electron chi connectivity index (χ4n) is 2.75. The van der Waals surface area contributed by atoms with E-state index in [0.717, 1.165) is 24.6 Å². The van der Waals surface area contributed by atoms with Gasteiger partial charge in [-0.25, -0.2) is 0 Å². The second-order valence-corrected chi connectivity index (χ2v) is 5.56. The molecule has 21 heavy (non-hydrogen) atoms. The molecular weight excluding hydrogens is 264 g/mol. The molecule has 1 N–H and O–H groups in total. The van der Waals surface area contributed by atoms with Crippen LogP contribution in [-0.2, 0) is 0 Å². The molecule has 1 aliphatic rings. The van der Waals surface area contributed by atoms with Crippen LogP contribution in [0.4, 0.5) is 0 Å². The topological polar surface area (TPSA) is 33.7 Å². The number of rotatable bonds is 8. The van der Waals surface area contributed by atoms with Crippen LogP contribution in [0, 0.1) is 0 Å². The molecule has 4 heteroatoms. The van der Waals surface area contributed by atoms with Gasteiger partial charge in [0.15, 0.2) is 11.5 Å². The molecule has 1 heterocycles. The summed E-state index contributed by atoms with van der Waals surface area (Å²) >= 11 is 0. The van der Waals surface area contributed by atoms with Gasteiger partial charge in [0.1, 0.15) is 6.61 Å². The van der Waals surface area contributed by atoms with E-state index in [2.05, 4.69) is 17.3 Å². The molecule has 0 spiro atoms. The van der Waals surface area contributed by atoms with E-state index in [0.29, 0.717) is 19.3 Å². The Labute approximate surface area is 128 Å². The average Bonchev–Trinajstić information content (AvgIpc) is 2.50. The summed E-state index contributed by atoms with van der Waals surface area (Å²) in [6.07, 6.45) is 4.00. The maximum absolute atomic E-state index is 5.80. The molecule has 2 rings (SSSR count). The first-order chi connectivity index (χ1) is 10.3. The van der Waals surface area contributed by atoms with Crippen molar-refractivity contribution < 1.29 is 9.47 Å². The maximum atomic E-state index is 5.80. The lowest BCUT2D eigenvalue weighted by Gasteiger charge is -2.32. The summed E-state index contributed by atoms with van der Waals surface area (Å²) in [7, 11) is 2.22. The van der Waals surface area contributed by atoms with Crippen molar-refractivity contribution >= 4 is 0 Å². The van der Waals surface area contributed by atoms with Crippen LogP contribution < -0.4 is 14.8 Å². The molecular formula is C17H28N2O2. The van der Waals surface area contributed by atoms with Gasteiger partial charge < -0.3 is 19.7 Å². The van der Waals surface area contributed by atoms with Gasteiger partial charge in [-0.2, -0.15) is 0 Å². The van der Waals surface area contributed by atoms with E-state index in [4.69, 9.17) is 9.47 Å². The molecule has 1 saturated heterocycles. The van der Waals surface area contributed by atoms with Crippen molar-refractivity contribution in [3.63, 3.8) is 0 Å². The lowest BCUT2D eigenvalue weighted by molar-refractivity contribution is 0.179. The monoisotopic (exact) mass is 292 g/mol. The first-order valence-electron chi connectivity index (χ1n) is 8.07. The Morgan fingerprint density at radius 2 is 1.95 bits per heavy atom. The number of piperidine rings is 1. The van der Waals surface area contributed by atoms with E-state index >= 15 is 0 Å². The van der Waals surface area contributed by atoms with Crippen LogP contribution in [0.25, 0.3) is 0 Å². The first-order valence-corrected chi connectivity index (χ1v) is 8.07. The van der Waals surface area contributed by atoms with Crippen LogP contribution >= 0.6 is 0 Å². The predicted molar refractivity (Wildman–Crippen MR) is 86.2 cm³/mol. The summed E-state index contributed by atoms with van der Waals surface area (Å²) in [5.74, 6) is 1.66. The number of likely N-dealkylation sites (N-methyl/N-ethyl adjacent to an activating group) is 1. The molecule has 0 radical (unpaired) electrons. The molecule has 0 aromatic heterocycles. The van der Waals surface area contributed by atoms with Crippen LogP contribution in [0.1, 0.15) is 26.2 Å². The average molecular weight is 292 g/mol. The lowest BCUT2D eigenvalue weighted by Crippen LogP contribution is -2.43. The number of hydrogen-bond donors (Lipinski definition) is 1. The normalized spacial score (nSPS) is 19.4. The van der Waals surface area contributed by atoms with Crippen LogP contribution in [0.5, 0.6) is 11.5 Å². The van der Waals surface area contributed by atoms with Crippen molar-refractivity contribution in [3.05, 3.63) is 24.3 Å². The third-order valence-electron chi connectivity index (χ3n) is 3.99. The summed E-state index contributed by atoms with van der Waals surface area (Å²) in [6, 6.07) is 8.52. The third-order valence-corrected chi connectivity index (χ3v) is 3.99. The molecule has 1 aliphatic heterocycles. The van der Waals surface area contributed by atoms with Crippen molar-refractivity contribution in [2.24, 2.45) is 0 Å². The van der Waals surface area contributed by atoms with Gasteiger partial charge in [-0.15, -0.1) is 0 Å². The fourth-order valence-corrected chi connectivity index (χ4v) is 2.75. The smallest absolute Gasteiger partial charge is 0.161 e. The Morgan fingerprint density at radius 1 is 1.19 bits per heavy atom. The second kappa shape index (κ2) is 8.90. The van der Waals surface area contributed by atoms with Crippen molar-refractivity contribution in [3.8, 4) is 11.5 Å². The molecule has 0 saturated carbocycles. The molecule has 1 aromatic rings. The Hall–Kier alpha value is -1.26. The highest BCUT2D eigenvalue weighted by Crippen LogP contribution is 2.26. The summed E-state index contributed by atoms with van der Waals surface area (Å²) in [5, 5.41) is 3.50. The Morgan fingerprint density at radius 3 is 2.67 bits per heavy atom. The lowest BCUT2D eigenvalue weighted by atomic mass is 10.0. The summed E-state index contributed by atoms with van der Waals surface area (Å²) in [4.78, 5) is 2.46. The summed E-state index contributed by atoms with van der Waals surface area (Å²) < 4.78 is 11.4. The van der Waals surface area contributed by atoms with Gasteiger partial charge in [0.25, 0.3) is 0 Å². The van der Waals surface area contributed by atoms with Crippen LogP contribution in [0.15, 0.2) is 24.3 Å². The van der Waals surface area contributed by atoms with E-state index in [1.807, 2.05) is 31.2 Å². The molecule has 0 amide bonds. The zero-order valence-electron chi connectivity index (χ0n) is 13.3. The van der Waals surface area contributed by atoms with Gasteiger partial charge in [-0.3, -0.25) is 0 Å². The highest BCUT2D eigenvalue weighted by atomic mass is 16.5. The maximum Gasteiger partial charge on any atom is 0.161 e. The van der Waals surface area contributed by atoms with Crippen molar-refractivity contribution in [1.29, 1.82) is 0 Å². The van der Waals surface area contributed by atoms with E-state index in [9.17, 15) is 0 Å². The number of hydrogen-bond acceptors (Lipinski definition) is 4. The largest absolute Gasteiger partial charge is 0.490 e. The molecule has 1 atom stereocenters. The minimum atomic E-state index is 0.659. The van der Waals surface area contributed by atoms with E-state index < -0.39 is 0 Å². The van der Waals surface area contributed by atoms with Gasteiger partial charge in [-0.05, 0) is 45.5 Å². The molecule has 1 fully saturated rings. The van der Waals surface area contributed by atoms with Gasteiger partial charge in [-0.1, -0.05) is 18.6 Å². The van der Waals surface area contributed by atoms with Crippen molar-refractivity contribution in [2.45, 2.75) is 32.2 Å². The molecule has 0 bridgehead atoms.